The summed E-state index contributed by atoms with van der Waals surface area (Å²) >= 11 is 0. The third kappa shape index (κ3) is 5.64. The van der Waals surface area contributed by atoms with Crippen LogP contribution < -0.4 is 0 Å². The minimum absolute atomic E-state index is 0.00575. The summed E-state index contributed by atoms with van der Waals surface area (Å²) < 4.78 is 104. The number of rotatable bonds is 5. The third-order valence-corrected chi connectivity index (χ3v) is 6.62. The van der Waals surface area contributed by atoms with Crippen LogP contribution in [0.1, 0.15) is 54.4 Å². The monoisotopic (exact) mass is 483 g/mol. The zero-order chi connectivity index (χ0) is 23.9. The van der Waals surface area contributed by atoms with E-state index in [-0.39, 0.29) is 36.5 Å². The molecule has 3 rings (SSSR count). The minimum Gasteiger partial charge on any atom is -0.362 e. The maximum atomic E-state index is 13.0. The van der Waals surface area contributed by atoms with Crippen LogP contribution in [0.25, 0.3) is 0 Å². The van der Waals surface area contributed by atoms with Crippen molar-refractivity contribution >= 4 is 9.73 Å². The Morgan fingerprint density at radius 2 is 1.66 bits per heavy atom. The number of ether oxygens (including phenoxy) is 1. The second kappa shape index (κ2) is 8.69. The van der Waals surface area contributed by atoms with E-state index in [1.807, 2.05) is 0 Å². The summed E-state index contributed by atoms with van der Waals surface area (Å²) in [5.74, 6) is -1.27. The van der Waals surface area contributed by atoms with E-state index in [4.69, 9.17) is 9.52 Å². The number of H-pyrrole nitrogens is 1. The molecule has 12 heteroatoms. The molecule has 0 aliphatic heterocycles. The lowest BCUT2D eigenvalue weighted by molar-refractivity contribution is -0.188. The molecule has 1 saturated carbocycles. The van der Waals surface area contributed by atoms with Gasteiger partial charge in [0.1, 0.15) is 11.9 Å². The van der Waals surface area contributed by atoms with Crippen LogP contribution >= 0.6 is 0 Å². The van der Waals surface area contributed by atoms with Gasteiger partial charge < -0.3 is 9.72 Å². The Balaban J connectivity index is 1.91. The van der Waals surface area contributed by atoms with E-state index < -0.39 is 45.8 Å². The molecule has 1 aliphatic rings. The summed E-state index contributed by atoms with van der Waals surface area (Å²) in [7, 11) is -3.18. The van der Waals surface area contributed by atoms with Crippen molar-refractivity contribution in [2.75, 3.05) is 6.26 Å². The number of hydrogen-bond acceptors (Lipinski definition) is 4. The third-order valence-electron chi connectivity index (χ3n) is 5.48. The molecule has 0 saturated heterocycles. The van der Waals surface area contributed by atoms with Crippen LogP contribution in [0.4, 0.5) is 26.3 Å². The summed E-state index contributed by atoms with van der Waals surface area (Å²) in [6, 6.07) is 4.21. The predicted octanol–water partition coefficient (Wildman–Crippen LogP) is 6.00. The van der Waals surface area contributed by atoms with E-state index in [9.17, 15) is 30.6 Å². The van der Waals surface area contributed by atoms with E-state index in [1.54, 1.807) is 6.92 Å². The first-order valence-electron chi connectivity index (χ1n) is 9.86. The van der Waals surface area contributed by atoms with Crippen molar-refractivity contribution in [1.29, 1.82) is 4.78 Å². The van der Waals surface area contributed by atoms with Crippen molar-refractivity contribution in [1.82, 2.24) is 9.97 Å². The first kappa shape index (κ1) is 24.6. The zero-order valence-electron chi connectivity index (χ0n) is 17.3. The quantitative estimate of drug-likeness (QED) is 0.512. The van der Waals surface area contributed by atoms with Gasteiger partial charge in [-0.15, -0.1) is 0 Å². The van der Waals surface area contributed by atoms with Gasteiger partial charge in [-0.3, -0.25) is 0 Å². The lowest BCUT2D eigenvalue weighted by atomic mass is 9.87. The van der Waals surface area contributed by atoms with Gasteiger partial charge in [0.15, 0.2) is 5.03 Å². The highest BCUT2D eigenvalue weighted by Crippen LogP contribution is 2.40. The minimum atomic E-state index is -4.53. The molecule has 1 aromatic carbocycles. The molecule has 0 amide bonds. The van der Waals surface area contributed by atoms with Crippen molar-refractivity contribution in [3.8, 4) is 0 Å². The standard InChI is InChI=1S/C20H23F6N3O2S/c1-11-18(32(2,27)30)29-17(28-11)16(12-3-5-13(6-4-12)19(21,22)23)31-15-9-7-14(8-10-15)20(24,25)26/h3-6,14-16,27H,7-10H2,1-2H3,(H,28,29)/t14?,15?,16-,32+/m0/s1. The smallest absolute Gasteiger partial charge is 0.362 e. The molecule has 0 spiro atoms. The maximum absolute atomic E-state index is 13.0. The Bertz CT molecular complexity index is 1040. The fourth-order valence-electron chi connectivity index (χ4n) is 3.84. The van der Waals surface area contributed by atoms with Crippen molar-refractivity contribution in [3.05, 3.63) is 46.9 Å². The SMILES string of the molecule is Cc1[nH]c([C@@H](OC2CCC(C(F)(F)F)CC2)c2ccc(C(F)(F)F)cc2)nc1[S@](C)(=N)=O. The van der Waals surface area contributed by atoms with Crippen LogP contribution in [0.3, 0.4) is 0 Å². The number of aromatic nitrogens is 2. The first-order chi connectivity index (χ1) is 14.7. The average Bonchev–Trinajstić information content (AvgIpc) is 3.07. The van der Waals surface area contributed by atoms with Crippen LogP contribution in [0.2, 0.25) is 0 Å². The van der Waals surface area contributed by atoms with Crippen LogP contribution in [0.15, 0.2) is 29.3 Å². The largest absolute Gasteiger partial charge is 0.416 e. The lowest BCUT2D eigenvalue weighted by Gasteiger charge is -2.32. The molecule has 2 aromatic rings. The van der Waals surface area contributed by atoms with Crippen molar-refractivity contribution in [2.45, 2.75) is 62.2 Å². The predicted molar refractivity (Wildman–Crippen MR) is 105 cm³/mol. The molecule has 1 aromatic heterocycles. The second-order valence-corrected chi connectivity index (χ2v) is 10.1. The molecule has 1 heterocycles. The number of nitrogens with one attached hydrogen (secondary N) is 2. The van der Waals surface area contributed by atoms with Crippen LogP contribution in [0, 0.1) is 17.6 Å². The van der Waals surface area contributed by atoms with Gasteiger partial charge in [0, 0.05) is 11.9 Å². The van der Waals surface area contributed by atoms with Crippen LogP contribution in [-0.4, -0.2) is 32.7 Å². The molecule has 178 valence electrons. The summed E-state index contributed by atoms with van der Waals surface area (Å²) in [4.78, 5) is 7.08. The van der Waals surface area contributed by atoms with Gasteiger partial charge in [0.2, 0.25) is 0 Å². The normalized spacial score (nSPS) is 23.0. The number of aromatic amines is 1. The van der Waals surface area contributed by atoms with Crippen molar-refractivity contribution in [2.24, 2.45) is 5.92 Å². The van der Waals surface area contributed by atoms with Gasteiger partial charge in [-0.05, 0) is 50.3 Å². The Morgan fingerprint density at radius 3 is 2.09 bits per heavy atom. The van der Waals surface area contributed by atoms with Crippen LogP contribution in [-0.2, 0) is 20.6 Å². The molecule has 1 aliphatic carbocycles. The molecule has 32 heavy (non-hydrogen) atoms. The highest BCUT2D eigenvalue weighted by Gasteiger charge is 2.42. The number of nitrogens with zero attached hydrogens (tertiary/aromatic N) is 1. The van der Waals surface area contributed by atoms with E-state index in [2.05, 4.69) is 9.97 Å². The first-order valence-corrected chi connectivity index (χ1v) is 11.8. The highest BCUT2D eigenvalue weighted by atomic mass is 32.2. The highest BCUT2D eigenvalue weighted by molar-refractivity contribution is 7.91. The Hall–Kier alpha value is -2.08. The van der Waals surface area contributed by atoms with Gasteiger partial charge in [-0.25, -0.2) is 14.0 Å². The summed E-state index contributed by atoms with van der Waals surface area (Å²) in [6.07, 6.45) is -9.13. The average molecular weight is 483 g/mol. The van der Waals surface area contributed by atoms with Gasteiger partial charge in [-0.2, -0.15) is 26.3 Å². The Labute approximate surface area is 181 Å². The van der Waals surface area contributed by atoms with E-state index in [1.165, 1.54) is 18.4 Å². The summed E-state index contributed by atoms with van der Waals surface area (Å²) in [6.45, 7) is 1.56. The molecule has 0 unspecified atom stereocenters. The zero-order valence-corrected chi connectivity index (χ0v) is 18.1. The maximum Gasteiger partial charge on any atom is 0.416 e. The van der Waals surface area contributed by atoms with Crippen molar-refractivity contribution in [3.63, 3.8) is 0 Å². The number of imidazole rings is 1. The summed E-state index contributed by atoms with van der Waals surface area (Å²) in [5.41, 5.74) is -0.197. The van der Waals surface area contributed by atoms with E-state index in [0.717, 1.165) is 12.1 Å². The van der Waals surface area contributed by atoms with Gasteiger partial charge >= 0.3 is 12.4 Å². The molecule has 0 radical (unpaired) electrons. The molecule has 1 fully saturated rings. The summed E-state index contributed by atoms with van der Waals surface area (Å²) in [5, 5.41) is -0.00575. The van der Waals surface area contributed by atoms with Gasteiger partial charge in [0.05, 0.1) is 27.3 Å². The molecular formula is C20H23F6N3O2S. The molecule has 2 N–H and O–H groups in total. The van der Waals surface area contributed by atoms with Gasteiger partial charge in [-0.1, -0.05) is 12.1 Å². The number of aryl methyl sites for hydroxylation is 1. The van der Waals surface area contributed by atoms with Crippen molar-refractivity contribution < 1.29 is 35.3 Å². The fraction of sp³-hybridized carbons (Fsp3) is 0.550. The fourth-order valence-corrected chi connectivity index (χ4v) is 4.74. The van der Waals surface area contributed by atoms with Crippen LogP contribution in [0.5, 0.6) is 0 Å². The number of hydrogen-bond donors (Lipinski definition) is 2. The van der Waals surface area contributed by atoms with Gasteiger partial charge in [0.25, 0.3) is 0 Å². The molecule has 2 atom stereocenters. The van der Waals surface area contributed by atoms with E-state index >= 15 is 0 Å². The topological polar surface area (TPSA) is 78.8 Å². The molecule has 0 bridgehead atoms. The van der Waals surface area contributed by atoms with E-state index in [0.29, 0.717) is 11.3 Å². The second-order valence-electron chi connectivity index (χ2n) is 8.05. The number of alkyl halides is 6. The lowest BCUT2D eigenvalue weighted by Crippen LogP contribution is -2.31. The Kier molecular flexibility index (Phi) is 6.67. The number of benzene rings is 1. The number of halogens is 6. The Morgan fingerprint density at radius 1 is 1.09 bits per heavy atom. The molecular weight excluding hydrogens is 460 g/mol. The molecule has 5 nitrogen and oxygen atoms in total.